The number of rotatable bonds is 12. The average Bonchev–Trinajstić information content (AvgIpc) is 2.86. The van der Waals surface area contributed by atoms with Crippen molar-refractivity contribution in [3.05, 3.63) is 81.4 Å². The number of nitrogens with zero attached hydrogens (tertiary/aromatic N) is 4. The molecule has 1 amide bonds. The monoisotopic (exact) mass is 585 g/mol. The highest BCUT2D eigenvalue weighted by Gasteiger charge is 2.30. The topological polar surface area (TPSA) is 97.2 Å². The number of carbonyl (C=O) groups excluding carboxylic acids is 2. The van der Waals surface area contributed by atoms with Crippen molar-refractivity contribution in [3.8, 4) is 11.3 Å². The van der Waals surface area contributed by atoms with Gasteiger partial charge in [0, 0.05) is 30.8 Å². The van der Waals surface area contributed by atoms with Gasteiger partial charge >= 0.3 is 6.18 Å². The molecule has 0 saturated heterocycles. The van der Waals surface area contributed by atoms with E-state index in [4.69, 9.17) is 0 Å². The molecule has 0 spiro atoms. The van der Waals surface area contributed by atoms with Crippen molar-refractivity contribution in [2.45, 2.75) is 72.3 Å². The summed E-state index contributed by atoms with van der Waals surface area (Å²) in [5.74, 6) is -0.630. The second-order valence-electron chi connectivity index (χ2n) is 11.3. The molecular formula is C31H38F3N5O3. The van der Waals surface area contributed by atoms with Crippen LogP contribution >= 0.6 is 0 Å². The molecule has 0 bridgehead atoms. The zero-order valence-electron chi connectivity index (χ0n) is 24.8. The molecule has 226 valence electrons. The molecule has 42 heavy (non-hydrogen) atoms. The van der Waals surface area contributed by atoms with Crippen LogP contribution < -0.4 is 10.9 Å². The molecule has 1 N–H and O–H groups in total. The predicted molar refractivity (Wildman–Crippen MR) is 155 cm³/mol. The van der Waals surface area contributed by atoms with Crippen LogP contribution in [0.2, 0.25) is 0 Å². The number of aromatic nitrogens is 3. The van der Waals surface area contributed by atoms with Gasteiger partial charge in [0.05, 0.1) is 24.5 Å². The molecule has 0 unspecified atom stereocenters. The first-order chi connectivity index (χ1) is 19.6. The summed E-state index contributed by atoms with van der Waals surface area (Å²) in [6.07, 6.45) is -1.13. The van der Waals surface area contributed by atoms with E-state index in [2.05, 4.69) is 15.5 Å². The first-order valence-corrected chi connectivity index (χ1v) is 13.8. The fourth-order valence-electron chi connectivity index (χ4n) is 5.07. The number of carbonyl (C=O) groups is 2. The van der Waals surface area contributed by atoms with E-state index >= 15 is 0 Å². The fourth-order valence-corrected chi connectivity index (χ4v) is 5.07. The lowest BCUT2D eigenvalue weighted by Crippen LogP contribution is -2.40. The largest absolute Gasteiger partial charge is 0.401 e. The van der Waals surface area contributed by atoms with Gasteiger partial charge in [-0.2, -0.15) is 23.4 Å². The first kappa shape index (κ1) is 32.7. The summed E-state index contributed by atoms with van der Waals surface area (Å²) in [7, 11) is 1.34. The Morgan fingerprint density at radius 2 is 1.76 bits per heavy atom. The molecule has 2 aromatic heterocycles. The van der Waals surface area contributed by atoms with Crippen molar-refractivity contribution in [1.29, 1.82) is 0 Å². The number of amides is 1. The Kier molecular flexibility index (Phi) is 10.8. The molecule has 2 heterocycles. The van der Waals surface area contributed by atoms with Crippen LogP contribution in [0.1, 0.15) is 68.0 Å². The van der Waals surface area contributed by atoms with Gasteiger partial charge < -0.3 is 9.88 Å². The average molecular weight is 586 g/mol. The molecule has 0 radical (unpaired) electrons. The first-order valence-electron chi connectivity index (χ1n) is 13.8. The van der Waals surface area contributed by atoms with Crippen molar-refractivity contribution in [1.82, 2.24) is 25.0 Å². The SMILES string of the molecule is CC(=O)C[C@H](NC(=O)[C@H](CC(C)C)n1cc(CN(C)CC(F)(F)F)ccc1=O)c1cnnc(-c2c(C)cccc2C)c1. The molecule has 2 atom stereocenters. The zero-order valence-corrected chi connectivity index (χ0v) is 24.8. The molecule has 8 nitrogen and oxygen atoms in total. The minimum Gasteiger partial charge on any atom is -0.347 e. The van der Waals surface area contributed by atoms with Crippen molar-refractivity contribution in [2.24, 2.45) is 5.92 Å². The number of nitrogens with one attached hydrogen (secondary N) is 1. The summed E-state index contributed by atoms with van der Waals surface area (Å²) in [6.45, 7) is 8.00. The molecule has 0 saturated carbocycles. The van der Waals surface area contributed by atoms with Gasteiger partial charge in [-0.05, 0) is 68.5 Å². The molecule has 0 aliphatic heterocycles. The lowest BCUT2D eigenvalue weighted by Gasteiger charge is -2.26. The maximum atomic E-state index is 13.8. The summed E-state index contributed by atoms with van der Waals surface area (Å²) in [5.41, 5.74) is 4.12. The van der Waals surface area contributed by atoms with Crippen molar-refractivity contribution < 1.29 is 22.8 Å². The fraction of sp³-hybridized carbons (Fsp3) is 0.452. The smallest absolute Gasteiger partial charge is 0.347 e. The summed E-state index contributed by atoms with van der Waals surface area (Å²) < 4.78 is 39.8. The second kappa shape index (κ2) is 13.9. The van der Waals surface area contributed by atoms with Crippen LogP contribution in [-0.2, 0) is 16.1 Å². The van der Waals surface area contributed by atoms with Crippen molar-refractivity contribution in [2.75, 3.05) is 13.6 Å². The van der Waals surface area contributed by atoms with Gasteiger partial charge in [0.1, 0.15) is 11.8 Å². The van der Waals surface area contributed by atoms with Gasteiger partial charge in [0.25, 0.3) is 5.56 Å². The van der Waals surface area contributed by atoms with Crippen molar-refractivity contribution in [3.63, 3.8) is 0 Å². The second-order valence-corrected chi connectivity index (χ2v) is 11.3. The van der Waals surface area contributed by atoms with E-state index in [1.165, 1.54) is 43.1 Å². The van der Waals surface area contributed by atoms with Gasteiger partial charge in [0.2, 0.25) is 5.91 Å². The standard InChI is InChI=1S/C31H38F3N5O3/c1-19(2)12-27(39-17-23(10-11-28(39)41)16-38(6)18-31(32,33)34)30(42)36-25(13-22(5)40)24-14-26(37-35-15-24)29-20(3)8-7-9-21(29)4/h7-11,14-15,17,19,25,27H,12-13,16,18H2,1-6H3,(H,36,42)/t25-,27-/m0/s1. The van der Waals surface area contributed by atoms with E-state index in [-0.39, 0.29) is 24.7 Å². The Labute approximate surface area is 244 Å². The van der Waals surface area contributed by atoms with Crippen LogP contribution in [0.15, 0.2) is 53.6 Å². The molecule has 3 rings (SSSR count). The number of halogens is 3. The third-order valence-electron chi connectivity index (χ3n) is 6.86. The minimum absolute atomic E-state index is 0.00476. The van der Waals surface area contributed by atoms with Crippen molar-refractivity contribution >= 4 is 11.7 Å². The van der Waals surface area contributed by atoms with E-state index < -0.39 is 36.3 Å². The maximum absolute atomic E-state index is 13.8. The van der Waals surface area contributed by atoms with Gasteiger partial charge in [-0.3, -0.25) is 19.3 Å². The Hall–Kier alpha value is -3.86. The molecule has 3 aromatic rings. The highest BCUT2D eigenvalue weighted by molar-refractivity contribution is 5.82. The van der Waals surface area contributed by atoms with Gasteiger partial charge in [0.15, 0.2) is 0 Å². The summed E-state index contributed by atoms with van der Waals surface area (Å²) in [5, 5.41) is 11.4. The third-order valence-corrected chi connectivity index (χ3v) is 6.86. The van der Waals surface area contributed by atoms with Gasteiger partial charge in [-0.1, -0.05) is 38.1 Å². The molecule has 0 aliphatic carbocycles. The molecule has 1 aromatic carbocycles. The lowest BCUT2D eigenvalue weighted by molar-refractivity contribution is -0.144. The predicted octanol–water partition coefficient (Wildman–Crippen LogP) is 5.34. The number of ketones is 1. The summed E-state index contributed by atoms with van der Waals surface area (Å²) >= 11 is 0. The Bertz CT molecular complexity index is 1450. The molecule has 11 heteroatoms. The van der Waals surface area contributed by atoms with Crippen LogP contribution in [0, 0.1) is 19.8 Å². The minimum atomic E-state index is -4.37. The van der Waals surface area contributed by atoms with E-state index in [1.807, 2.05) is 45.9 Å². The van der Waals surface area contributed by atoms with Crippen LogP contribution in [0.5, 0.6) is 0 Å². The molecule has 0 fully saturated rings. The highest BCUT2D eigenvalue weighted by Crippen LogP contribution is 2.28. The Morgan fingerprint density at radius 3 is 2.36 bits per heavy atom. The van der Waals surface area contributed by atoms with Gasteiger partial charge in [-0.15, -0.1) is 0 Å². The Morgan fingerprint density at radius 1 is 1.10 bits per heavy atom. The number of alkyl halides is 3. The van der Waals surface area contributed by atoms with Crippen LogP contribution in [0.25, 0.3) is 11.3 Å². The van der Waals surface area contributed by atoms with Crippen LogP contribution in [-0.4, -0.2) is 51.1 Å². The Balaban J connectivity index is 1.96. The van der Waals surface area contributed by atoms with Crippen LogP contribution in [0.4, 0.5) is 13.2 Å². The summed E-state index contributed by atoms with van der Waals surface area (Å²) in [6, 6.07) is 8.72. The van der Waals surface area contributed by atoms with E-state index in [0.717, 1.165) is 21.6 Å². The number of Topliss-reactive ketones (excluding diaryl/α,β-unsaturated/α-hetero) is 1. The maximum Gasteiger partial charge on any atom is 0.401 e. The summed E-state index contributed by atoms with van der Waals surface area (Å²) in [4.78, 5) is 40.1. The van der Waals surface area contributed by atoms with E-state index in [0.29, 0.717) is 23.2 Å². The number of hydrogen-bond donors (Lipinski definition) is 1. The number of aryl methyl sites for hydroxylation is 2. The normalized spacial score (nSPS) is 13.3. The van der Waals surface area contributed by atoms with Gasteiger partial charge in [-0.25, -0.2) is 0 Å². The van der Waals surface area contributed by atoms with Crippen LogP contribution in [0.3, 0.4) is 0 Å². The molecular weight excluding hydrogens is 547 g/mol. The third kappa shape index (κ3) is 9.07. The number of hydrogen-bond acceptors (Lipinski definition) is 6. The molecule has 0 aliphatic rings. The quantitative estimate of drug-likeness (QED) is 0.308. The number of benzene rings is 1. The van der Waals surface area contributed by atoms with E-state index in [1.54, 1.807) is 6.07 Å². The highest BCUT2D eigenvalue weighted by atomic mass is 19.4. The lowest BCUT2D eigenvalue weighted by atomic mass is 9.96. The zero-order chi connectivity index (χ0) is 31.2. The number of pyridine rings is 1. The van der Waals surface area contributed by atoms with E-state index in [9.17, 15) is 27.6 Å².